The zero-order chi connectivity index (χ0) is 9.26. The summed E-state index contributed by atoms with van der Waals surface area (Å²) >= 11 is 5.97. The number of nitrogens with zero attached hydrogens (tertiary/aromatic N) is 3. The van der Waals surface area contributed by atoms with Crippen LogP contribution in [0.1, 0.15) is 0 Å². The summed E-state index contributed by atoms with van der Waals surface area (Å²) < 4.78 is 1.59. The topological polar surface area (TPSA) is 41.6 Å². The average Bonchev–Trinajstić information content (AvgIpc) is 2.51. The predicted molar refractivity (Wildman–Crippen MR) is 50.4 cm³/mol. The molecule has 1 aromatic heterocycles. The standard InChI is InChI=1S/C9H6ClN3/c10-8-3-1-2-7-6-12-13(5-4-11)9(7)8/h1-3,6H,5H2. The Labute approximate surface area is 80.1 Å². The number of rotatable bonds is 1. The van der Waals surface area contributed by atoms with Crippen molar-refractivity contribution < 1.29 is 0 Å². The van der Waals surface area contributed by atoms with Gasteiger partial charge in [-0.05, 0) is 6.07 Å². The van der Waals surface area contributed by atoms with E-state index in [1.54, 1.807) is 16.9 Å². The van der Waals surface area contributed by atoms with Crippen LogP contribution in [0.4, 0.5) is 0 Å². The van der Waals surface area contributed by atoms with Gasteiger partial charge >= 0.3 is 0 Å². The lowest BCUT2D eigenvalue weighted by Crippen LogP contribution is -1.96. The van der Waals surface area contributed by atoms with Gasteiger partial charge in [0.15, 0.2) is 0 Å². The molecule has 0 aliphatic carbocycles. The average molecular weight is 192 g/mol. The van der Waals surface area contributed by atoms with Gasteiger partial charge in [0.2, 0.25) is 0 Å². The molecule has 2 aromatic rings. The number of halogens is 1. The molecule has 0 atom stereocenters. The Hall–Kier alpha value is -1.53. The molecule has 0 saturated carbocycles. The van der Waals surface area contributed by atoms with Gasteiger partial charge in [-0.3, -0.25) is 0 Å². The van der Waals surface area contributed by atoms with Gasteiger partial charge in [-0.1, -0.05) is 23.7 Å². The Kier molecular flexibility index (Phi) is 1.91. The fraction of sp³-hybridized carbons (Fsp3) is 0.111. The second-order valence-electron chi connectivity index (χ2n) is 2.64. The van der Waals surface area contributed by atoms with E-state index in [0.29, 0.717) is 5.02 Å². The normalized spacial score (nSPS) is 10.2. The fourth-order valence-corrected chi connectivity index (χ4v) is 1.56. The molecule has 0 unspecified atom stereocenters. The van der Waals surface area contributed by atoms with Crippen molar-refractivity contribution in [3.63, 3.8) is 0 Å². The molecule has 1 aromatic carbocycles. The summed E-state index contributed by atoms with van der Waals surface area (Å²) in [6, 6.07) is 7.61. The second kappa shape index (κ2) is 3.08. The smallest absolute Gasteiger partial charge is 0.128 e. The fourth-order valence-electron chi connectivity index (χ4n) is 1.28. The number of aromatic nitrogens is 2. The van der Waals surface area contributed by atoms with Gasteiger partial charge in [0.1, 0.15) is 6.54 Å². The van der Waals surface area contributed by atoms with Gasteiger partial charge in [-0.15, -0.1) is 0 Å². The Bertz CT molecular complexity index is 481. The molecule has 0 N–H and O–H groups in total. The van der Waals surface area contributed by atoms with E-state index < -0.39 is 0 Å². The van der Waals surface area contributed by atoms with Crippen LogP contribution in [0.2, 0.25) is 5.02 Å². The molecule has 1 heterocycles. The molecule has 64 valence electrons. The van der Waals surface area contributed by atoms with Crippen molar-refractivity contribution in [1.82, 2.24) is 9.78 Å². The van der Waals surface area contributed by atoms with Crippen LogP contribution < -0.4 is 0 Å². The SMILES string of the molecule is N#CCn1ncc2cccc(Cl)c21. The van der Waals surface area contributed by atoms with Crippen LogP contribution >= 0.6 is 11.6 Å². The minimum absolute atomic E-state index is 0.229. The van der Waals surface area contributed by atoms with Crippen LogP contribution in [0.5, 0.6) is 0 Å². The van der Waals surface area contributed by atoms with Crippen molar-refractivity contribution in [2.24, 2.45) is 0 Å². The quantitative estimate of drug-likeness (QED) is 0.694. The lowest BCUT2D eigenvalue weighted by atomic mass is 10.2. The number of para-hydroxylation sites is 1. The maximum Gasteiger partial charge on any atom is 0.128 e. The summed E-state index contributed by atoms with van der Waals surface area (Å²) in [5.74, 6) is 0. The summed E-state index contributed by atoms with van der Waals surface area (Å²) in [6.45, 7) is 0.229. The van der Waals surface area contributed by atoms with Gasteiger partial charge < -0.3 is 0 Å². The third kappa shape index (κ3) is 1.25. The molecular weight excluding hydrogens is 186 g/mol. The van der Waals surface area contributed by atoms with Crippen molar-refractivity contribution >= 4 is 22.5 Å². The Morgan fingerprint density at radius 2 is 2.38 bits per heavy atom. The Morgan fingerprint density at radius 3 is 3.15 bits per heavy atom. The second-order valence-corrected chi connectivity index (χ2v) is 3.05. The van der Waals surface area contributed by atoms with Crippen LogP contribution in [0.25, 0.3) is 10.9 Å². The lowest BCUT2D eigenvalue weighted by molar-refractivity contribution is 0.736. The third-order valence-electron chi connectivity index (χ3n) is 1.83. The summed E-state index contributed by atoms with van der Waals surface area (Å²) in [5, 5.41) is 14.2. The van der Waals surface area contributed by atoms with E-state index in [0.717, 1.165) is 10.9 Å². The molecule has 3 nitrogen and oxygen atoms in total. The highest BCUT2D eigenvalue weighted by atomic mass is 35.5. The highest BCUT2D eigenvalue weighted by Gasteiger charge is 2.04. The molecule has 0 aliphatic heterocycles. The maximum absolute atomic E-state index is 8.53. The maximum atomic E-state index is 8.53. The van der Waals surface area contributed by atoms with Crippen molar-refractivity contribution in [3.05, 3.63) is 29.4 Å². The molecule has 0 amide bonds. The zero-order valence-corrected chi connectivity index (χ0v) is 7.49. The predicted octanol–water partition coefficient (Wildman–Crippen LogP) is 2.21. The van der Waals surface area contributed by atoms with E-state index in [-0.39, 0.29) is 6.54 Å². The summed E-state index contributed by atoms with van der Waals surface area (Å²) in [4.78, 5) is 0. The van der Waals surface area contributed by atoms with Crippen LogP contribution in [0.15, 0.2) is 24.4 Å². The lowest BCUT2D eigenvalue weighted by Gasteiger charge is -1.97. The molecule has 2 rings (SSSR count). The van der Waals surface area contributed by atoms with Gasteiger partial charge in [-0.25, -0.2) is 4.68 Å². The van der Waals surface area contributed by atoms with E-state index in [9.17, 15) is 0 Å². The number of hydrogen-bond donors (Lipinski definition) is 0. The van der Waals surface area contributed by atoms with Crippen LogP contribution in [-0.4, -0.2) is 9.78 Å². The number of hydrogen-bond acceptors (Lipinski definition) is 2. The number of benzene rings is 1. The Balaban J connectivity index is 2.73. The van der Waals surface area contributed by atoms with Gasteiger partial charge in [-0.2, -0.15) is 10.4 Å². The minimum Gasteiger partial charge on any atom is -0.249 e. The first-order chi connectivity index (χ1) is 6.33. The molecule has 0 spiro atoms. The van der Waals surface area contributed by atoms with Gasteiger partial charge in [0.05, 0.1) is 22.8 Å². The van der Waals surface area contributed by atoms with Gasteiger partial charge in [0, 0.05) is 5.39 Å². The largest absolute Gasteiger partial charge is 0.249 e. The van der Waals surface area contributed by atoms with Crippen molar-refractivity contribution in [3.8, 4) is 6.07 Å². The molecule has 4 heteroatoms. The molecule has 0 saturated heterocycles. The first-order valence-electron chi connectivity index (χ1n) is 3.80. The Morgan fingerprint density at radius 1 is 1.54 bits per heavy atom. The molecule has 0 fully saturated rings. The van der Waals surface area contributed by atoms with E-state index in [1.165, 1.54) is 0 Å². The number of nitriles is 1. The summed E-state index contributed by atoms with van der Waals surface area (Å²) in [7, 11) is 0. The highest BCUT2D eigenvalue weighted by Crippen LogP contribution is 2.22. The molecular formula is C9H6ClN3. The minimum atomic E-state index is 0.229. The van der Waals surface area contributed by atoms with Crippen molar-refractivity contribution in [2.75, 3.05) is 0 Å². The van der Waals surface area contributed by atoms with Crippen LogP contribution in [0.3, 0.4) is 0 Å². The molecule has 0 bridgehead atoms. The van der Waals surface area contributed by atoms with E-state index >= 15 is 0 Å². The molecule has 13 heavy (non-hydrogen) atoms. The van der Waals surface area contributed by atoms with E-state index in [4.69, 9.17) is 16.9 Å². The molecule has 0 aliphatic rings. The molecule has 0 radical (unpaired) electrons. The summed E-state index contributed by atoms with van der Waals surface area (Å²) in [5.41, 5.74) is 0.825. The van der Waals surface area contributed by atoms with E-state index in [2.05, 4.69) is 5.10 Å². The van der Waals surface area contributed by atoms with E-state index in [1.807, 2.05) is 18.2 Å². The third-order valence-corrected chi connectivity index (χ3v) is 2.14. The van der Waals surface area contributed by atoms with Crippen LogP contribution in [0, 0.1) is 11.3 Å². The highest BCUT2D eigenvalue weighted by molar-refractivity contribution is 6.35. The van der Waals surface area contributed by atoms with Crippen molar-refractivity contribution in [1.29, 1.82) is 5.26 Å². The summed E-state index contributed by atoms with van der Waals surface area (Å²) in [6.07, 6.45) is 1.71. The number of fused-ring (bicyclic) bond motifs is 1. The monoisotopic (exact) mass is 191 g/mol. The van der Waals surface area contributed by atoms with Crippen molar-refractivity contribution in [2.45, 2.75) is 6.54 Å². The first-order valence-corrected chi connectivity index (χ1v) is 4.17. The zero-order valence-electron chi connectivity index (χ0n) is 6.74. The van der Waals surface area contributed by atoms with Gasteiger partial charge in [0.25, 0.3) is 0 Å². The first kappa shape index (κ1) is 8.09. The van der Waals surface area contributed by atoms with Crippen LogP contribution in [-0.2, 0) is 6.54 Å².